The minimum absolute atomic E-state index is 0.495. The lowest BCUT2D eigenvalue weighted by molar-refractivity contribution is 0.288. The Labute approximate surface area is 292 Å². The van der Waals surface area contributed by atoms with Gasteiger partial charge in [-0.3, -0.25) is 4.98 Å². The number of halogens is 3. The molecule has 7 heteroatoms. The monoisotopic (exact) mass is 793 g/mol. The maximum atomic E-state index is 6.35. The van der Waals surface area contributed by atoms with Crippen LogP contribution in [0.3, 0.4) is 0 Å². The van der Waals surface area contributed by atoms with Crippen LogP contribution in [0.5, 0.6) is 17.2 Å². The van der Waals surface area contributed by atoms with Gasteiger partial charge in [-0.1, -0.05) is 74.6 Å². The van der Waals surface area contributed by atoms with Crippen LogP contribution < -0.4 is 14.2 Å². The first-order valence-electron chi connectivity index (χ1n) is 15.1. The molecular weight excluding hydrogens is 758 g/mol. The summed E-state index contributed by atoms with van der Waals surface area (Å²) < 4.78 is 22.2. The standard InChI is InChI=1S/C33H33Br3O3.C5H5N/c1-4-28-31(19-37-25-13-7-22(34)8-14-25)29(5-2)33(21-39-27-17-11-24(36)12-18-27)30(6-3)32(28)20-38-26-15-9-23(35)10-16-26;1-2-4-6-5-3-1/h7-18H,4-6,19-21H2,1-3H3;1-5H. The average molecular weight is 796 g/mol. The third-order valence-corrected chi connectivity index (χ3v) is 8.99. The summed E-state index contributed by atoms with van der Waals surface area (Å²) in [5.41, 5.74) is 7.65. The fourth-order valence-corrected chi connectivity index (χ4v) is 6.06. The van der Waals surface area contributed by atoms with Crippen molar-refractivity contribution in [3.05, 3.63) is 150 Å². The van der Waals surface area contributed by atoms with Crippen LogP contribution in [0.25, 0.3) is 0 Å². The summed E-state index contributed by atoms with van der Waals surface area (Å²) in [5.74, 6) is 2.55. The molecule has 0 N–H and O–H groups in total. The number of pyridine rings is 1. The maximum absolute atomic E-state index is 6.35. The number of hydrogen-bond acceptors (Lipinski definition) is 4. The molecule has 1 aromatic heterocycles. The molecule has 0 unspecified atom stereocenters. The van der Waals surface area contributed by atoms with Gasteiger partial charge in [0.25, 0.3) is 0 Å². The van der Waals surface area contributed by atoms with Crippen LogP contribution in [0, 0.1) is 0 Å². The lowest BCUT2D eigenvalue weighted by atomic mass is 9.84. The van der Waals surface area contributed by atoms with E-state index in [9.17, 15) is 0 Å². The molecule has 0 fully saturated rings. The van der Waals surface area contributed by atoms with Crippen molar-refractivity contribution in [2.75, 3.05) is 0 Å². The van der Waals surface area contributed by atoms with Gasteiger partial charge in [0.1, 0.15) is 37.1 Å². The fraction of sp³-hybridized carbons (Fsp3) is 0.237. The summed E-state index contributed by atoms with van der Waals surface area (Å²) in [6.07, 6.45) is 6.18. The van der Waals surface area contributed by atoms with Crippen molar-refractivity contribution in [2.45, 2.75) is 59.9 Å². The highest BCUT2D eigenvalue weighted by Gasteiger charge is 2.23. The molecule has 1 heterocycles. The van der Waals surface area contributed by atoms with Crippen LogP contribution in [-0.2, 0) is 39.1 Å². The molecule has 0 bridgehead atoms. The van der Waals surface area contributed by atoms with E-state index in [4.69, 9.17) is 14.2 Å². The fourth-order valence-electron chi connectivity index (χ4n) is 5.27. The Morgan fingerprint density at radius 3 is 0.911 bits per heavy atom. The lowest BCUT2D eigenvalue weighted by Crippen LogP contribution is -2.17. The van der Waals surface area contributed by atoms with Crippen molar-refractivity contribution in [1.29, 1.82) is 0 Å². The zero-order valence-corrected chi connectivity index (χ0v) is 30.6. The Morgan fingerprint density at radius 2 is 0.711 bits per heavy atom. The van der Waals surface area contributed by atoms with E-state index in [1.807, 2.05) is 91.0 Å². The third-order valence-electron chi connectivity index (χ3n) is 7.40. The van der Waals surface area contributed by atoms with E-state index < -0.39 is 0 Å². The molecule has 0 radical (unpaired) electrons. The zero-order chi connectivity index (χ0) is 32.0. The summed E-state index contributed by atoms with van der Waals surface area (Å²) in [4.78, 5) is 3.78. The van der Waals surface area contributed by atoms with Gasteiger partial charge in [-0.05, 0) is 138 Å². The summed E-state index contributed by atoms with van der Waals surface area (Å²) in [6, 6.07) is 29.7. The van der Waals surface area contributed by atoms with Gasteiger partial charge < -0.3 is 14.2 Å². The summed E-state index contributed by atoms with van der Waals surface area (Å²) >= 11 is 10.5. The number of ether oxygens (including phenoxy) is 3. The first kappa shape index (κ1) is 34.7. The Hall–Kier alpha value is -3.13. The normalized spacial score (nSPS) is 10.5. The summed E-state index contributed by atoms with van der Waals surface area (Å²) in [5, 5.41) is 0. The molecule has 0 aliphatic rings. The van der Waals surface area contributed by atoms with Crippen molar-refractivity contribution >= 4 is 47.8 Å². The Morgan fingerprint density at radius 1 is 0.422 bits per heavy atom. The van der Waals surface area contributed by atoms with E-state index in [1.54, 1.807) is 12.4 Å². The molecule has 0 aliphatic heterocycles. The Balaban J connectivity index is 0.000000687. The SMILES string of the molecule is CCc1c(COc2ccc(Br)cc2)c(CC)c(COc2ccc(Br)cc2)c(CC)c1COc1ccc(Br)cc1.c1ccncc1. The third kappa shape index (κ3) is 10.2. The average Bonchev–Trinajstić information content (AvgIpc) is 3.08. The smallest absolute Gasteiger partial charge is 0.119 e. The molecule has 45 heavy (non-hydrogen) atoms. The van der Waals surface area contributed by atoms with Gasteiger partial charge in [0, 0.05) is 25.8 Å². The molecule has 0 spiro atoms. The first-order valence-corrected chi connectivity index (χ1v) is 17.5. The predicted molar refractivity (Wildman–Crippen MR) is 194 cm³/mol. The van der Waals surface area contributed by atoms with Crippen LogP contribution >= 0.6 is 47.8 Å². The maximum Gasteiger partial charge on any atom is 0.119 e. The van der Waals surface area contributed by atoms with E-state index in [-0.39, 0.29) is 0 Å². The van der Waals surface area contributed by atoms with Crippen LogP contribution in [0.1, 0.15) is 54.2 Å². The van der Waals surface area contributed by atoms with E-state index in [2.05, 4.69) is 73.5 Å². The molecule has 5 aromatic rings. The number of aromatic nitrogens is 1. The molecule has 5 rings (SSSR count). The molecule has 0 saturated heterocycles. The molecule has 0 atom stereocenters. The van der Waals surface area contributed by atoms with Crippen molar-refractivity contribution < 1.29 is 14.2 Å². The van der Waals surface area contributed by atoms with Crippen molar-refractivity contribution in [3.63, 3.8) is 0 Å². The Bertz CT molecular complexity index is 1390. The minimum atomic E-state index is 0.495. The quantitative estimate of drug-likeness (QED) is 0.126. The highest BCUT2D eigenvalue weighted by molar-refractivity contribution is 9.11. The molecule has 4 aromatic carbocycles. The molecule has 4 nitrogen and oxygen atoms in total. The number of benzene rings is 4. The van der Waals surface area contributed by atoms with Gasteiger partial charge in [0.15, 0.2) is 0 Å². The van der Waals surface area contributed by atoms with Crippen LogP contribution in [0.4, 0.5) is 0 Å². The van der Waals surface area contributed by atoms with Gasteiger partial charge in [-0.25, -0.2) is 0 Å². The molecule has 234 valence electrons. The van der Waals surface area contributed by atoms with E-state index in [1.165, 1.54) is 33.4 Å². The van der Waals surface area contributed by atoms with Gasteiger partial charge in [-0.2, -0.15) is 0 Å². The number of hydrogen-bond donors (Lipinski definition) is 0. The van der Waals surface area contributed by atoms with E-state index in [0.717, 1.165) is 49.9 Å². The van der Waals surface area contributed by atoms with Gasteiger partial charge in [-0.15, -0.1) is 0 Å². The highest BCUT2D eigenvalue weighted by atomic mass is 79.9. The summed E-state index contributed by atoms with van der Waals surface area (Å²) in [6.45, 7) is 8.15. The topological polar surface area (TPSA) is 40.6 Å². The number of nitrogens with zero attached hydrogens (tertiary/aromatic N) is 1. The van der Waals surface area contributed by atoms with Gasteiger partial charge in [0.2, 0.25) is 0 Å². The van der Waals surface area contributed by atoms with E-state index in [0.29, 0.717) is 19.8 Å². The minimum Gasteiger partial charge on any atom is -0.489 e. The van der Waals surface area contributed by atoms with Crippen molar-refractivity contribution in [2.24, 2.45) is 0 Å². The number of rotatable bonds is 12. The molecule has 0 saturated carbocycles. The summed E-state index contributed by atoms with van der Waals surface area (Å²) in [7, 11) is 0. The van der Waals surface area contributed by atoms with Crippen LogP contribution in [0.15, 0.2) is 117 Å². The molecule has 0 amide bonds. The largest absolute Gasteiger partial charge is 0.489 e. The van der Waals surface area contributed by atoms with E-state index >= 15 is 0 Å². The van der Waals surface area contributed by atoms with Gasteiger partial charge in [0.05, 0.1) is 0 Å². The second-order valence-electron chi connectivity index (χ2n) is 10.2. The van der Waals surface area contributed by atoms with Gasteiger partial charge >= 0.3 is 0 Å². The van der Waals surface area contributed by atoms with Crippen molar-refractivity contribution in [1.82, 2.24) is 4.98 Å². The zero-order valence-electron chi connectivity index (χ0n) is 25.9. The predicted octanol–water partition coefficient (Wildman–Crippen LogP) is 11.5. The second kappa shape index (κ2) is 18.1. The molecular formula is C38H38Br3NO3. The Kier molecular flexibility index (Phi) is 14.0. The van der Waals surface area contributed by atoms with Crippen LogP contribution in [-0.4, -0.2) is 4.98 Å². The molecule has 0 aliphatic carbocycles. The lowest BCUT2D eigenvalue weighted by Gasteiger charge is -2.26. The second-order valence-corrected chi connectivity index (χ2v) is 12.9. The van der Waals surface area contributed by atoms with Crippen LogP contribution in [0.2, 0.25) is 0 Å². The van der Waals surface area contributed by atoms with Crippen molar-refractivity contribution in [3.8, 4) is 17.2 Å². The highest BCUT2D eigenvalue weighted by Crippen LogP contribution is 2.34. The first-order chi connectivity index (χ1) is 21.9.